The highest BCUT2D eigenvalue weighted by atomic mass is 35.5. The van der Waals surface area contributed by atoms with Gasteiger partial charge in [0.25, 0.3) is 5.91 Å². The van der Waals surface area contributed by atoms with Crippen LogP contribution in [0.1, 0.15) is 22.5 Å². The first kappa shape index (κ1) is 19.8. The molecule has 1 aliphatic heterocycles. The van der Waals surface area contributed by atoms with Gasteiger partial charge in [-0.15, -0.1) is 36.2 Å². The summed E-state index contributed by atoms with van der Waals surface area (Å²) in [6.45, 7) is 2.81. The van der Waals surface area contributed by atoms with Gasteiger partial charge in [0.1, 0.15) is 9.88 Å². The first-order valence-electron chi connectivity index (χ1n) is 7.18. The highest BCUT2D eigenvalue weighted by Crippen LogP contribution is 2.24. The molecule has 1 saturated heterocycles. The molecule has 1 aliphatic rings. The van der Waals surface area contributed by atoms with Crippen LogP contribution in [0.2, 0.25) is 0 Å². The lowest BCUT2D eigenvalue weighted by Crippen LogP contribution is -2.37. The predicted molar refractivity (Wildman–Crippen MR) is 97.8 cm³/mol. The topological polar surface area (TPSA) is 66.9 Å². The van der Waals surface area contributed by atoms with Crippen molar-refractivity contribution in [2.24, 2.45) is 5.92 Å². The number of carbonyl (C=O) groups excluding carboxylic acids is 1. The fourth-order valence-corrected chi connectivity index (χ4v) is 3.27. The van der Waals surface area contributed by atoms with Crippen LogP contribution < -0.4 is 10.6 Å². The van der Waals surface area contributed by atoms with Gasteiger partial charge in [0.15, 0.2) is 0 Å². The molecule has 2 N–H and O–H groups in total. The number of hydrogen-bond acceptors (Lipinski definition) is 5. The lowest BCUT2D eigenvalue weighted by molar-refractivity contribution is 0.0948. The molecule has 0 bridgehead atoms. The van der Waals surface area contributed by atoms with E-state index in [2.05, 4.69) is 20.6 Å². The largest absolute Gasteiger partial charge is 0.351 e. The van der Waals surface area contributed by atoms with Crippen LogP contribution >= 0.6 is 36.2 Å². The van der Waals surface area contributed by atoms with E-state index in [4.69, 9.17) is 0 Å². The van der Waals surface area contributed by atoms with Crippen LogP contribution in [0.5, 0.6) is 0 Å². The van der Waals surface area contributed by atoms with Crippen LogP contribution in [0.3, 0.4) is 0 Å². The average Bonchev–Trinajstić information content (AvgIpc) is 3.04. The number of nitrogens with one attached hydrogen (secondary N) is 2. The summed E-state index contributed by atoms with van der Waals surface area (Å²) in [5.41, 5.74) is 0.991. The number of hydrogen-bond donors (Lipinski definition) is 2. The zero-order valence-corrected chi connectivity index (χ0v) is 15.0. The molecule has 0 spiro atoms. The Labute approximate surface area is 152 Å². The Kier molecular flexibility index (Phi) is 8.47. The molecule has 1 fully saturated rings. The lowest BCUT2D eigenvalue weighted by atomic mass is 10.00. The zero-order valence-electron chi connectivity index (χ0n) is 12.5. The van der Waals surface area contributed by atoms with Gasteiger partial charge in [0, 0.05) is 24.5 Å². The molecule has 1 unspecified atom stereocenters. The molecule has 0 saturated carbocycles. The van der Waals surface area contributed by atoms with Gasteiger partial charge in [-0.05, 0) is 44.0 Å². The number of amides is 1. The number of halogens is 2. The lowest BCUT2D eigenvalue weighted by Gasteiger charge is -2.22. The maximum Gasteiger partial charge on any atom is 0.263 e. The third-order valence-corrected chi connectivity index (χ3v) is 4.65. The third-order valence-electron chi connectivity index (χ3n) is 3.61. The highest BCUT2D eigenvalue weighted by Gasteiger charge is 2.16. The summed E-state index contributed by atoms with van der Waals surface area (Å²) in [6, 6.07) is 3.79. The SMILES string of the molecule is Cl.Cl.O=C(NCC1CCCNC1)c1cnc(-c2ccncc2)s1. The summed E-state index contributed by atoms with van der Waals surface area (Å²) < 4.78 is 0. The zero-order chi connectivity index (χ0) is 14.5. The number of carbonyl (C=O) groups is 1. The van der Waals surface area contributed by atoms with Crippen LogP contribution in [0.4, 0.5) is 0 Å². The summed E-state index contributed by atoms with van der Waals surface area (Å²) in [7, 11) is 0. The minimum absolute atomic E-state index is 0. The van der Waals surface area contributed by atoms with Gasteiger partial charge in [-0.3, -0.25) is 9.78 Å². The number of rotatable bonds is 4. The first-order chi connectivity index (χ1) is 10.3. The Bertz CT molecular complexity index is 603. The Balaban J connectivity index is 0.00000132. The summed E-state index contributed by atoms with van der Waals surface area (Å²) in [4.78, 5) is 21.1. The second-order valence-corrected chi connectivity index (χ2v) is 6.22. The summed E-state index contributed by atoms with van der Waals surface area (Å²) >= 11 is 1.41. The van der Waals surface area contributed by atoms with E-state index in [-0.39, 0.29) is 30.7 Å². The van der Waals surface area contributed by atoms with Gasteiger partial charge in [-0.2, -0.15) is 0 Å². The van der Waals surface area contributed by atoms with Gasteiger partial charge >= 0.3 is 0 Å². The molecule has 1 atom stereocenters. The van der Waals surface area contributed by atoms with Crippen molar-refractivity contribution in [3.8, 4) is 10.6 Å². The van der Waals surface area contributed by atoms with E-state index in [1.165, 1.54) is 24.2 Å². The molecular weight excluding hydrogens is 355 g/mol. The molecule has 0 radical (unpaired) electrons. The molecule has 3 heterocycles. The average molecular weight is 375 g/mol. The second-order valence-electron chi connectivity index (χ2n) is 5.19. The molecule has 0 aliphatic carbocycles. The van der Waals surface area contributed by atoms with Crippen molar-refractivity contribution >= 4 is 42.1 Å². The molecule has 2 aromatic heterocycles. The standard InChI is InChI=1S/C15H18N4OS.2ClH/c20-14(18-9-11-2-1-5-17-8-11)13-10-19-15(21-13)12-3-6-16-7-4-12;;/h3-4,6-7,10-11,17H,1-2,5,8-9H2,(H,18,20);2*1H. The smallest absolute Gasteiger partial charge is 0.263 e. The molecule has 2 aromatic rings. The van der Waals surface area contributed by atoms with Crippen molar-refractivity contribution in [1.82, 2.24) is 20.6 Å². The van der Waals surface area contributed by atoms with E-state index >= 15 is 0 Å². The second kappa shape index (κ2) is 9.82. The number of nitrogens with zero attached hydrogens (tertiary/aromatic N) is 2. The molecule has 0 aromatic carbocycles. The van der Waals surface area contributed by atoms with Crippen LogP contribution in [0, 0.1) is 5.92 Å². The molecule has 23 heavy (non-hydrogen) atoms. The Morgan fingerprint density at radius 2 is 2.13 bits per heavy atom. The van der Waals surface area contributed by atoms with Crippen molar-refractivity contribution in [3.63, 3.8) is 0 Å². The predicted octanol–water partition coefficient (Wildman–Crippen LogP) is 2.78. The van der Waals surface area contributed by atoms with E-state index in [0.717, 1.165) is 30.2 Å². The van der Waals surface area contributed by atoms with Crippen LogP contribution in [0.15, 0.2) is 30.7 Å². The summed E-state index contributed by atoms with van der Waals surface area (Å²) in [5.74, 6) is 0.508. The molecular formula is C15H20Cl2N4OS. The molecule has 8 heteroatoms. The molecule has 126 valence electrons. The van der Waals surface area contributed by atoms with E-state index in [1.807, 2.05) is 12.1 Å². The van der Waals surface area contributed by atoms with Gasteiger partial charge in [-0.25, -0.2) is 4.98 Å². The molecule has 5 nitrogen and oxygen atoms in total. The Hall–Kier alpha value is -1.21. The Morgan fingerprint density at radius 1 is 1.35 bits per heavy atom. The maximum atomic E-state index is 12.2. The van der Waals surface area contributed by atoms with Crippen molar-refractivity contribution in [2.75, 3.05) is 19.6 Å². The normalized spacial score (nSPS) is 16.8. The Morgan fingerprint density at radius 3 is 2.83 bits per heavy atom. The summed E-state index contributed by atoms with van der Waals surface area (Å²) in [6.07, 6.45) is 7.47. The van der Waals surface area contributed by atoms with Gasteiger partial charge in [0.2, 0.25) is 0 Å². The highest BCUT2D eigenvalue weighted by molar-refractivity contribution is 7.16. The van der Waals surface area contributed by atoms with E-state index in [0.29, 0.717) is 10.8 Å². The summed E-state index contributed by atoms with van der Waals surface area (Å²) in [5, 5.41) is 7.22. The van der Waals surface area contributed by atoms with E-state index in [1.54, 1.807) is 18.6 Å². The number of piperidine rings is 1. The van der Waals surface area contributed by atoms with Crippen LogP contribution in [0.25, 0.3) is 10.6 Å². The molecule has 3 rings (SSSR count). The maximum absolute atomic E-state index is 12.2. The number of aromatic nitrogens is 2. The first-order valence-corrected chi connectivity index (χ1v) is 8.00. The minimum atomic E-state index is -0.0293. The van der Waals surface area contributed by atoms with Crippen LogP contribution in [-0.2, 0) is 0 Å². The van der Waals surface area contributed by atoms with Crippen molar-refractivity contribution in [3.05, 3.63) is 35.6 Å². The number of pyridine rings is 1. The van der Waals surface area contributed by atoms with E-state index < -0.39 is 0 Å². The van der Waals surface area contributed by atoms with Gasteiger partial charge < -0.3 is 10.6 Å². The minimum Gasteiger partial charge on any atom is -0.351 e. The quantitative estimate of drug-likeness (QED) is 0.863. The van der Waals surface area contributed by atoms with Gasteiger partial charge in [0.05, 0.1) is 6.20 Å². The van der Waals surface area contributed by atoms with Gasteiger partial charge in [-0.1, -0.05) is 0 Å². The monoisotopic (exact) mass is 374 g/mol. The van der Waals surface area contributed by atoms with Crippen LogP contribution in [-0.4, -0.2) is 35.5 Å². The third kappa shape index (κ3) is 5.42. The fraction of sp³-hybridized carbons (Fsp3) is 0.400. The van der Waals surface area contributed by atoms with E-state index in [9.17, 15) is 4.79 Å². The van der Waals surface area contributed by atoms with Crippen molar-refractivity contribution in [2.45, 2.75) is 12.8 Å². The molecule has 1 amide bonds. The van der Waals surface area contributed by atoms with Crippen molar-refractivity contribution in [1.29, 1.82) is 0 Å². The number of thiazole rings is 1. The van der Waals surface area contributed by atoms with Crippen molar-refractivity contribution < 1.29 is 4.79 Å². The fourth-order valence-electron chi connectivity index (χ4n) is 2.43.